The average Bonchev–Trinajstić information content (AvgIpc) is 2.12. The van der Waals surface area contributed by atoms with Crippen LogP contribution in [-0.2, 0) is 4.79 Å². The Bertz CT molecular complexity index is 237. The lowest BCUT2D eigenvalue weighted by Gasteiger charge is -2.14. The van der Waals surface area contributed by atoms with Crippen molar-refractivity contribution in [3.8, 4) is 0 Å². The molecule has 7 heteroatoms. The number of rotatable bonds is 4. The monoisotopic (exact) mass is 187 g/mol. The Morgan fingerprint density at radius 2 is 2.00 bits per heavy atom. The molecule has 0 aromatic heterocycles. The molecule has 0 radical (unpaired) electrons. The van der Waals surface area contributed by atoms with E-state index in [9.17, 15) is 9.90 Å². The molecule has 0 rings (SSSR count). The van der Waals surface area contributed by atoms with Crippen LogP contribution in [0.1, 0.15) is 6.92 Å². The van der Waals surface area contributed by atoms with Gasteiger partial charge in [0.15, 0.2) is 0 Å². The minimum Gasteiger partial charge on any atom is -0.381 e. The van der Waals surface area contributed by atoms with Crippen molar-refractivity contribution in [2.24, 2.45) is 11.6 Å². The molecule has 7 nitrogen and oxygen atoms in total. The SMILES string of the molecule is CC(N)C(=N)C(O)C(=N)C(=O)NN. The molecule has 0 aromatic rings. The zero-order valence-electron chi connectivity index (χ0n) is 7.16. The van der Waals surface area contributed by atoms with Crippen molar-refractivity contribution in [1.82, 2.24) is 5.43 Å². The Kier molecular flexibility index (Phi) is 4.18. The van der Waals surface area contributed by atoms with Crippen molar-refractivity contribution in [2.45, 2.75) is 19.1 Å². The first-order chi connectivity index (χ1) is 5.91. The Hall–Kier alpha value is -1.31. The molecule has 0 aromatic carbocycles. The van der Waals surface area contributed by atoms with E-state index in [1.54, 1.807) is 5.43 Å². The fourth-order valence-corrected chi connectivity index (χ4v) is 0.606. The summed E-state index contributed by atoms with van der Waals surface area (Å²) in [5.41, 5.74) is 5.96. The van der Waals surface area contributed by atoms with Crippen molar-refractivity contribution in [1.29, 1.82) is 10.8 Å². The van der Waals surface area contributed by atoms with E-state index in [1.807, 2.05) is 0 Å². The number of hydrogen-bond acceptors (Lipinski definition) is 6. The maximum atomic E-state index is 10.7. The maximum absolute atomic E-state index is 10.7. The molecule has 8 N–H and O–H groups in total. The Labute approximate surface area is 75.1 Å². The second kappa shape index (κ2) is 4.65. The van der Waals surface area contributed by atoms with Gasteiger partial charge in [0.2, 0.25) is 0 Å². The summed E-state index contributed by atoms with van der Waals surface area (Å²) >= 11 is 0. The smallest absolute Gasteiger partial charge is 0.281 e. The minimum atomic E-state index is -1.59. The number of aliphatic hydroxyl groups is 1. The van der Waals surface area contributed by atoms with Gasteiger partial charge in [0, 0.05) is 6.04 Å². The first-order valence-electron chi connectivity index (χ1n) is 3.53. The Morgan fingerprint density at radius 1 is 1.54 bits per heavy atom. The number of aliphatic hydroxyl groups excluding tert-OH is 1. The largest absolute Gasteiger partial charge is 0.381 e. The van der Waals surface area contributed by atoms with Crippen LogP contribution >= 0.6 is 0 Å². The van der Waals surface area contributed by atoms with Crippen LogP contribution in [0.25, 0.3) is 0 Å². The fourth-order valence-electron chi connectivity index (χ4n) is 0.606. The quantitative estimate of drug-likeness (QED) is 0.127. The van der Waals surface area contributed by atoms with Gasteiger partial charge in [-0.1, -0.05) is 0 Å². The molecule has 13 heavy (non-hydrogen) atoms. The standard InChI is InChI=1S/C6H13N5O2/c1-2(7)3(8)5(12)4(9)6(13)11-10/h2,5,8-9,12H,7,10H2,1H3,(H,11,13). The summed E-state index contributed by atoms with van der Waals surface area (Å²) in [7, 11) is 0. The first-order valence-corrected chi connectivity index (χ1v) is 3.53. The molecule has 1 amide bonds. The van der Waals surface area contributed by atoms with Crippen LogP contribution in [0.4, 0.5) is 0 Å². The van der Waals surface area contributed by atoms with Crippen molar-refractivity contribution < 1.29 is 9.90 Å². The summed E-state index contributed by atoms with van der Waals surface area (Å²) in [6, 6.07) is -0.707. The first kappa shape index (κ1) is 11.7. The highest BCUT2D eigenvalue weighted by molar-refractivity contribution is 6.43. The number of carbonyl (C=O) groups excluding carboxylic acids is 1. The van der Waals surface area contributed by atoms with Crippen LogP contribution in [0, 0.1) is 10.8 Å². The van der Waals surface area contributed by atoms with Crippen molar-refractivity contribution in [3.63, 3.8) is 0 Å². The topological polar surface area (TPSA) is 149 Å². The molecular weight excluding hydrogens is 174 g/mol. The van der Waals surface area contributed by atoms with Gasteiger partial charge in [-0.25, -0.2) is 5.84 Å². The fraction of sp³-hybridized carbons (Fsp3) is 0.500. The summed E-state index contributed by atoms with van der Waals surface area (Å²) in [6.45, 7) is 1.47. The highest BCUT2D eigenvalue weighted by Crippen LogP contribution is 1.93. The number of hydrazine groups is 1. The molecule has 0 saturated carbocycles. The van der Waals surface area contributed by atoms with Crippen LogP contribution < -0.4 is 17.0 Å². The molecule has 74 valence electrons. The lowest BCUT2D eigenvalue weighted by Crippen LogP contribution is -2.47. The molecule has 2 atom stereocenters. The molecule has 0 aliphatic rings. The summed E-state index contributed by atoms with van der Waals surface area (Å²) in [6.07, 6.45) is -1.59. The maximum Gasteiger partial charge on any atom is 0.281 e. The molecule has 0 heterocycles. The van der Waals surface area contributed by atoms with Crippen molar-refractivity contribution >= 4 is 17.3 Å². The van der Waals surface area contributed by atoms with Crippen LogP contribution in [0.3, 0.4) is 0 Å². The predicted molar refractivity (Wildman–Crippen MR) is 47.4 cm³/mol. The Morgan fingerprint density at radius 3 is 2.31 bits per heavy atom. The number of nitrogens with two attached hydrogens (primary N) is 2. The van der Waals surface area contributed by atoms with Gasteiger partial charge in [-0.3, -0.25) is 15.6 Å². The lowest BCUT2D eigenvalue weighted by molar-refractivity contribution is -0.115. The lowest BCUT2D eigenvalue weighted by atomic mass is 10.0. The van der Waals surface area contributed by atoms with Crippen LogP contribution in [-0.4, -0.2) is 34.6 Å². The highest BCUT2D eigenvalue weighted by Gasteiger charge is 2.24. The average molecular weight is 187 g/mol. The zero-order valence-corrected chi connectivity index (χ0v) is 7.16. The van der Waals surface area contributed by atoms with Crippen LogP contribution in [0.15, 0.2) is 0 Å². The van der Waals surface area contributed by atoms with Gasteiger partial charge in [0.05, 0.1) is 5.71 Å². The van der Waals surface area contributed by atoms with Crippen molar-refractivity contribution in [3.05, 3.63) is 0 Å². The molecule has 0 saturated heterocycles. The van der Waals surface area contributed by atoms with E-state index in [2.05, 4.69) is 0 Å². The molecule has 0 fully saturated rings. The molecule has 0 aliphatic carbocycles. The summed E-state index contributed by atoms with van der Waals surface area (Å²) in [5, 5.41) is 23.5. The third-order valence-corrected chi connectivity index (χ3v) is 1.43. The van der Waals surface area contributed by atoms with E-state index in [0.29, 0.717) is 0 Å². The van der Waals surface area contributed by atoms with E-state index in [1.165, 1.54) is 6.92 Å². The van der Waals surface area contributed by atoms with E-state index in [0.717, 1.165) is 0 Å². The molecular formula is C6H13N5O2. The van der Waals surface area contributed by atoms with E-state index >= 15 is 0 Å². The number of nitrogens with one attached hydrogen (secondary N) is 3. The second-order valence-electron chi connectivity index (χ2n) is 2.53. The molecule has 0 bridgehead atoms. The van der Waals surface area contributed by atoms with E-state index in [-0.39, 0.29) is 5.71 Å². The minimum absolute atomic E-state index is 0.298. The van der Waals surface area contributed by atoms with Gasteiger partial charge < -0.3 is 16.2 Å². The van der Waals surface area contributed by atoms with Gasteiger partial charge in [0.1, 0.15) is 11.8 Å². The van der Waals surface area contributed by atoms with Gasteiger partial charge in [-0.15, -0.1) is 0 Å². The molecule has 2 unspecified atom stereocenters. The van der Waals surface area contributed by atoms with E-state index in [4.69, 9.17) is 22.4 Å². The van der Waals surface area contributed by atoms with Gasteiger partial charge in [-0.05, 0) is 6.92 Å². The second-order valence-corrected chi connectivity index (χ2v) is 2.53. The number of carbonyl (C=O) groups is 1. The molecule has 0 aliphatic heterocycles. The van der Waals surface area contributed by atoms with Gasteiger partial charge in [0.25, 0.3) is 5.91 Å². The van der Waals surface area contributed by atoms with Gasteiger partial charge >= 0.3 is 0 Å². The number of hydrogen-bond donors (Lipinski definition) is 6. The summed E-state index contributed by atoms with van der Waals surface area (Å²) in [5.74, 6) is 3.80. The highest BCUT2D eigenvalue weighted by atomic mass is 16.3. The Balaban J connectivity index is 4.43. The zero-order chi connectivity index (χ0) is 10.6. The molecule has 0 spiro atoms. The summed E-state index contributed by atoms with van der Waals surface area (Å²) < 4.78 is 0. The predicted octanol–water partition coefficient (Wildman–Crippen LogP) is -2.28. The van der Waals surface area contributed by atoms with Crippen LogP contribution in [0.2, 0.25) is 0 Å². The third-order valence-electron chi connectivity index (χ3n) is 1.43. The van der Waals surface area contributed by atoms with Crippen molar-refractivity contribution in [2.75, 3.05) is 0 Å². The van der Waals surface area contributed by atoms with E-state index < -0.39 is 23.8 Å². The van der Waals surface area contributed by atoms with Gasteiger partial charge in [-0.2, -0.15) is 0 Å². The summed E-state index contributed by atoms with van der Waals surface area (Å²) in [4.78, 5) is 10.7. The normalized spacial score (nSPS) is 14.5. The van der Waals surface area contributed by atoms with Crippen LogP contribution in [0.5, 0.6) is 0 Å². The third kappa shape index (κ3) is 2.90. The number of amides is 1.